The first kappa shape index (κ1) is 9.64. The molecule has 1 saturated carbocycles. The molecule has 0 radical (unpaired) electrons. The van der Waals surface area contributed by atoms with Crippen molar-refractivity contribution in [1.82, 2.24) is 10.2 Å². The molecule has 0 aromatic carbocycles. The minimum absolute atomic E-state index is 0.318. The Morgan fingerprint density at radius 1 is 1.47 bits per heavy atom. The Balaban J connectivity index is 1.77. The molecule has 3 aliphatic heterocycles. The Labute approximate surface area is 91.2 Å². The summed E-state index contributed by atoms with van der Waals surface area (Å²) in [5, 5.41) is 3.20. The Morgan fingerprint density at radius 2 is 2.27 bits per heavy atom. The summed E-state index contributed by atoms with van der Waals surface area (Å²) in [6.07, 6.45) is 2.25. The fourth-order valence-corrected chi connectivity index (χ4v) is 3.75. The fraction of sp³-hybridized carbons (Fsp3) is 0.917. The van der Waals surface area contributed by atoms with Crippen molar-refractivity contribution in [3.05, 3.63) is 0 Å². The zero-order valence-electron chi connectivity index (χ0n) is 9.57. The number of piperidine rings is 2. The van der Waals surface area contributed by atoms with Gasteiger partial charge >= 0.3 is 0 Å². The first-order chi connectivity index (χ1) is 7.15. The number of nitrogens with zero attached hydrogens (tertiary/aromatic N) is 1. The van der Waals surface area contributed by atoms with Crippen molar-refractivity contribution in [1.29, 1.82) is 0 Å². The van der Waals surface area contributed by atoms with E-state index < -0.39 is 0 Å². The standard InChI is InChI=1S/C12H20N2O/c1-7(2)5-14-6-9-3-8-4-10(14)11(9)13-12(8)15/h7-11H,3-6H2,1-2H3,(H,13,15). The van der Waals surface area contributed by atoms with E-state index in [0.29, 0.717) is 23.9 Å². The highest BCUT2D eigenvalue weighted by Gasteiger charge is 2.53. The first-order valence-electron chi connectivity index (χ1n) is 6.19. The third kappa shape index (κ3) is 1.40. The average molecular weight is 208 g/mol. The highest BCUT2D eigenvalue weighted by molar-refractivity contribution is 5.81. The van der Waals surface area contributed by atoms with Crippen molar-refractivity contribution in [3.8, 4) is 0 Å². The van der Waals surface area contributed by atoms with Gasteiger partial charge in [-0.05, 0) is 24.7 Å². The Hall–Kier alpha value is -0.570. The second kappa shape index (κ2) is 3.21. The van der Waals surface area contributed by atoms with Gasteiger partial charge < -0.3 is 5.32 Å². The van der Waals surface area contributed by atoms with Crippen LogP contribution < -0.4 is 5.32 Å². The van der Waals surface area contributed by atoms with E-state index in [0.717, 1.165) is 24.7 Å². The van der Waals surface area contributed by atoms with Crippen LogP contribution in [0.25, 0.3) is 0 Å². The van der Waals surface area contributed by atoms with Crippen LogP contribution in [-0.4, -0.2) is 36.0 Å². The highest BCUT2D eigenvalue weighted by atomic mass is 16.2. The molecule has 84 valence electrons. The summed E-state index contributed by atoms with van der Waals surface area (Å²) in [5.74, 6) is 2.12. The van der Waals surface area contributed by atoms with E-state index in [-0.39, 0.29) is 0 Å². The van der Waals surface area contributed by atoms with Gasteiger partial charge in [-0.15, -0.1) is 0 Å². The van der Waals surface area contributed by atoms with Gasteiger partial charge in [0.2, 0.25) is 5.91 Å². The number of carbonyl (C=O) groups is 1. The van der Waals surface area contributed by atoms with E-state index in [1.807, 2.05) is 0 Å². The number of rotatable bonds is 2. The molecule has 4 rings (SSSR count). The average Bonchev–Trinajstić information content (AvgIpc) is 2.40. The van der Waals surface area contributed by atoms with Gasteiger partial charge in [0.1, 0.15) is 0 Å². The topological polar surface area (TPSA) is 32.3 Å². The molecule has 4 unspecified atom stereocenters. The highest BCUT2D eigenvalue weighted by Crippen LogP contribution is 2.42. The molecule has 4 bridgehead atoms. The quantitative estimate of drug-likeness (QED) is 0.729. The van der Waals surface area contributed by atoms with Gasteiger partial charge in [-0.1, -0.05) is 13.8 Å². The maximum atomic E-state index is 11.6. The van der Waals surface area contributed by atoms with Crippen molar-refractivity contribution in [2.24, 2.45) is 17.8 Å². The molecule has 4 aliphatic rings. The molecule has 4 fully saturated rings. The van der Waals surface area contributed by atoms with E-state index in [1.165, 1.54) is 13.1 Å². The molecule has 3 nitrogen and oxygen atoms in total. The van der Waals surface area contributed by atoms with E-state index in [9.17, 15) is 4.79 Å². The lowest BCUT2D eigenvalue weighted by atomic mass is 9.74. The van der Waals surface area contributed by atoms with Gasteiger partial charge in [0.15, 0.2) is 0 Å². The molecule has 0 spiro atoms. The van der Waals surface area contributed by atoms with E-state index in [1.54, 1.807) is 0 Å². The SMILES string of the molecule is CC(C)CN1CC2CC3CC1C2NC3=O. The molecule has 1 N–H and O–H groups in total. The fourth-order valence-electron chi connectivity index (χ4n) is 3.75. The maximum absolute atomic E-state index is 11.6. The lowest BCUT2D eigenvalue weighted by Gasteiger charge is -2.42. The van der Waals surface area contributed by atoms with Crippen LogP contribution in [0.5, 0.6) is 0 Å². The number of carbonyl (C=O) groups excluding carboxylic acids is 1. The van der Waals surface area contributed by atoms with E-state index in [4.69, 9.17) is 0 Å². The lowest BCUT2D eigenvalue weighted by Crippen LogP contribution is -2.59. The van der Waals surface area contributed by atoms with Crippen LogP contribution in [0, 0.1) is 17.8 Å². The molecule has 3 saturated heterocycles. The molecule has 1 amide bonds. The zero-order valence-corrected chi connectivity index (χ0v) is 9.57. The van der Waals surface area contributed by atoms with Crippen LogP contribution in [-0.2, 0) is 4.79 Å². The van der Waals surface area contributed by atoms with Crippen molar-refractivity contribution in [3.63, 3.8) is 0 Å². The second-order valence-corrected chi connectivity index (χ2v) is 5.88. The lowest BCUT2D eigenvalue weighted by molar-refractivity contribution is -0.132. The van der Waals surface area contributed by atoms with Crippen LogP contribution in [0.1, 0.15) is 26.7 Å². The number of hydrogen-bond acceptors (Lipinski definition) is 2. The van der Waals surface area contributed by atoms with Crippen molar-refractivity contribution < 1.29 is 4.79 Å². The second-order valence-electron chi connectivity index (χ2n) is 5.88. The zero-order chi connectivity index (χ0) is 10.6. The molecule has 0 aromatic heterocycles. The predicted molar refractivity (Wildman–Crippen MR) is 58.3 cm³/mol. The molecule has 3 heterocycles. The van der Waals surface area contributed by atoms with Gasteiger partial charge in [-0.3, -0.25) is 9.69 Å². The maximum Gasteiger partial charge on any atom is 0.223 e. The minimum atomic E-state index is 0.318. The Kier molecular flexibility index (Phi) is 2.06. The molecule has 4 atom stereocenters. The van der Waals surface area contributed by atoms with Gasteiger partial charge in [0, 0.05) is 31.1 Å². The normalized spacial score (nSPS) is 43.8. The van der Waals surface area contributed by atoms with Crippen LogP contribution in [0.2, 0.25) is 0 Å². The van der Waals surface area contributed by atoms with Gasteiger partial charge in [0.05, 0.1) is 0 Å². The molecular weight excluding hydrogens is 188 g/mol. The number of fused-ring (bicyclic) bond motifs is 1. The predicted octanol–water partition coefficient (Wildman–Crippen LogP) is 0.851. The summed E-state index contributed by atoms with van der Waals surface area (Å²) in [4.78, 5) is 14.2. The van der Waals surface area contributed by atoms with Crippen LogP contribution in [0.4, 0.5) is 0 Å². The third-order valence-corrected chi connectivity index (χ3v) is 4.25. The largest absolute Gasteiger partial charge is 0.351 e. The summed E-state index contributed by atoms with van der Waals surface area (Å²) in [5.41, 5.74) is 0. The summed E-state index contributed by atoms with van der Waals surface area (Å²) >= 11 is 0. The Morgan fingerprint density at radius 3 is 2.93 bits per heavy atom. The summed E-state index contributed by atoms with van der Waals surface area (Å²) in [6.45, 7) is 6.96. The van der Waals surface area contributed by atoms with Gasteiger partial charge in [-0.2, -0.15) is 0 Å². The van der Waals surface area contributed by atoms with Crippen LogP contribution in [0.3, 0.4) is 0 Å². The number of amides is 1. The monoisotopic (exact) mass is 208 g/mol. The molecular formula is C12H20N2O. The number of likely N-dealkylation sites (tertiary alicyclic amines) is 1. The first-order valence-corrected chi connectivity index (χ1v) is 6.19. The molecule has 1 aliphatic carbocycles. The van der Waals surface area contributed by atoms with Gasteiger partial charge in [-0.25, -0.2) is 0 Å². The van der Waals surface area contributed by atoms with E-state index in [2.05, 4.69) is 24.1 Å². The van der Waals surface area contributed by atoms with E-state index >= 15 is 0 Å². The van der Waals surface area contributed by atoms with Crippen molar-refractivity contribution >= 4 is 5.91 Å². The summed E-state index contributed by atoms with van der Waals surface area (Å²) < 4.78 is 0. The number of hydrogen-bond donors (Lipinski definition) is 1. The molecule has 15 heavy (non-hydrogen) atoms. The number of nitrogens with one attached hydrogen (secondary N) is 1. The van der Waals surface area contributed by atoms with Gasteiger partial charge in [0.25, 0.3) is 0 Å². The third-order valence-electron chi connectivity index (χ3n) is 4.25. The summed E-state index contributed by atoms with van der Waals surface area (Å²) in [6, 6.07) is 1.12. The van der Waals surface area contributed by atoms with Crippen LogP contribution in [0.15, 0.2) is 0 Å². The smallest absolute Gasteiger partial charge is 0.223 e. The van der Waals surface area contributed by atoms with Crippen LogP contribution >= 0.6 is 0 Å². The summed E-state index contributed by atoms with van der Waals surface area (Å²) in [7, 11) is 0. The molecule has 3 heteroatoms. The minimum Gasteiger partial charge on any atom is -0.351 e. The Bertz CT molecular complexity index is 289. The van der Waals surface area contributed by atoms with Crippen molar-refractivity contribution in [2.45, 2.75) is 38.8 Å². The molecule has 0 aromatic rings. The van der Waals surface area contributed by atoms with Crippen molar-refractivity contribution in [2.75, 3.05) is 13.1 Å².